The van der Waals surface area contributed by atoms with Gasteiger partial charge in [0.15, 0.2) is 5.96 Å². The second-order valence-corrected chi connectivity index (χ2v) is 5.70. The van der Waals surface area contributed by atoms with Crippen molar-refractivity contribution in [3.63, 3.8) is 0 Å². The molecule has 1 saturated carbocycles. The molecule has 1 aliphatic rings. The van der Waals surface area contributed by atoms with Crippen molar-refractivity contribution in [2.45, 2.75) is 44.2 Å². The minimum atomic E-state index is 0. The van der Waals surface area contributed by atoms with Crippen LogP contribution < -0.4 is 11.1 Å². The van der Waals surface area contributed by atoms with Crippen molar-refractivity contribution in [1.29, 1.82) is 0 Å². The average molecular weight is 406 g/mol. The van der Waals surface area contributed by atoms with Gasteiger partial charge in [-0.25, -0.2) is 0 Å². The fraction of sp³-hybridized carbons (Fsp3) is 0.667. The lowest BCUT2D eigenvalue weighted by Crippen LogP contribution is -2.41. The Balaban J connectivity index is 0.00000220. The summed E-state index contributed by atoms with van der Waals surface area (Å²) in [6.07, 6.45) is 8.02. The summed E-state index contributed by atoms with van der Waals surface area (Å²) in [5.74, 6) is 1.47. The van der Waals surface area contributed by atoms with Gasteiger partial charge in [0, 0.05) is 6.04 Å². The maximum absolute atomic E-state index is 6.00. The molecule has 0 saturated heterocycles. The van der Waals surface area contributed by atoms with Gasteiger partial charge in [0.25, 0.3) is 0 Å². The zero-order valence-corrected chi connectivity index (χ0v) is 15.2. The molecule has 2 rings (SSSR count). The highest BCUT2D eigenvalue weighted by molar-refractivity contribution is 14.0. The summed E-state index contributed by atoms with van der Waals surface area (Å²) in [7, 11) is 4.04. The third-order valence-corrected chi connectivity index (χ3v) is 3.89. The van der Waals surface area contributed by atoms with E-state index in [1.165, 1.54) is 32.1 Å². The maximum atomic E-state index is 6.00. The van der Waals surface area contributed by atoms with E-state index in [2.05, 4.69) is 15.2 Å². The molecule has 1 fully saturated rings. The molecule has 120 valence electrons. The number of hydrogen-bond donors (Lipinski definition) is 2. The van der Waals surface area contributed by atoms with Gasteiger partial charge in [0.05, 0.1) is 18.8 Å². The molecule has 21 heavy (non-hydrogen) atoms. The topological polar surface area (TPSA) is 66.8 Å². The first-order valence-corrected chi connectivity index (χ1v) is 7.43. The third-order valence-electron chi connectivity index (χ3n) is 3.89. The van der Waals surface area contributed by atoms with E-state index < -0.39 is 0 Å². The monoisotopic (exact) mass is 406 g/mol. The van der Waals surface area contributed by atoms with Crippen molar-refractivity contribution < 1.29 is 4.42 Å². The van der Waals surface area contributed by atoms with Crippen LogP contribution in [0.3, 0.4) is 0 Å². The Morgan fingerprint density at radius 3 is 2.71 bits per heavy atom. The van der Waals surface area contributed by atoms with E-state index in [0.717, 1.165) is 5.76 Å². The van der Waals surface area contributed by atoms with E-state index in [1.54, 1.807) is 6.26 Å². The van der Waals surface area contributed by atoms with Crippen LogP contribution in [-0.2, 0) is 0 Å². The molecule has 5 nitrogen and oxygen atoms in total. The van der Waals surface area contributed by atoms with Crippen LogP contribution in [-0.4, -0.2) is 37.5 Å². The summed E-state index contributed by atoms with van der Waals surface area (Å²) in [4.78, 5) is 6.57. The molecule has 1 aromatic rings. The smallest absolute Gasteiger partial charge is 0.188 e. The van der Waals surface area contributed by atoms with Gasteiger partial charge in [-0.05, 0) is 39.1 Å². The van der Waals surface area contributed by atoms with E-state index in [-0.39, 0.29) is 30.0 Å². The van der Waals surface area contributed by atoms with Gasteiger partial charge in [-0.2, -0.15) is 0 Å². The van der Waals surface area contributed by atoms with Crippen LogP contribution >= 0.6 is 24.0 Å². The molecule has 1 aromatic heterocycles. The molecule has 3 N–H and O–H groups in total. The molecule has 0 aromatic carbocycles. The quantitative estimate of drug-likeness (QED) is 0.448. The van der Waals surface area contributed by atoms with Gasteiger partial charge < -0.3 is 15.5 Å². The SMILES string of the molecule is CN(C)C(CN=C(N)NC1CCCCC1)c1ccco1.I. The molecule has 1 unspecified atom stereocenters. The van der Waals surface area contributed by atoms with Gasteiger partial charge in [0.1, 0.15) is 5.76 Å². The molecule has 1 aliphatic carbocycles. The van der Waals surface area contributed by atoms with Crippen LogP contribution in [0, 0.1) is 0 Å². The summed E-state index contributed by atoms with van der Waals surface area (Å²) in [5, 5.41) is 3.34. The number of rotatable bonds is 5. The number of likely N-dealkylation sites (N-methyl/N-ethyl adjacent to an activating group) is 1. The summed E-state index contributed by atoms with van der Waals surface area (Å²) in [6.45, 7) is 0.603. The van der Waals surface area contributed by atoms with Gasteiger partial charge >= 0.3 is 0 Å². The standard InChI is InChI=1S/C15H26N4O.HI/c1-19(2)13(14-9-6-10-20-14)11-17-15(16)18-12-7-4-3-5-8-12;/h6,9-10,12-13H,3-5,7-8,11H2,1-2H3,(H3,16,17,18);1H. The largest absolute Gasteiger partial charge is 0.468 e. The summed E-state index contributed by atoms with van der Waals surface area (Å²) < 4.78 is 5.47. The molecule has 0 spiro atoms. The number of aliphatic imine (C=N–C) groups is 1. The van der Waals surface area contributed by atoms with Crippen molar-refractivity contribution >= 4 is 29.9 Å². The fourth-order valence-electron chi connectivity index (χ4n) is 2.68. The second-order valence-electron chi connectivity index (χ2n) is 5.70. The van der Waals surface area contributed by atoms with Crippen molar-refractivity contribution in [3.05, 3.63) is 24.2 Å². The highest BCUT2D eigenvalue weighted by Crippen LogP contribution is 2.19. The number of guanidine groups is 1. The van der Waals surface area contributed by atoms with Crippen molar-refractivity contribution in [1.82, 2.24) is 10.2 Å². The molecular weight excluding hydrogens is 379 g/mol. The third kappa shape index (κ3) is 5.86. The normalized spacial score (nSPS) is 18.3. The minimum absolute atomic E-state index is 0. The van der Waals surface area contributed by atoms with Crippen LogP contribution in [0.25, 0.3) is 0 Å². The first kappa shape index (κ1) is 18.3. The van der Waals surface area contributed by atoms with Crippen LogP contribution in [0.1, 0.15) is 43.9 Å². The Morgan fingerprint density at radius 2 is 2.14 bits per heavy atom. The molecule has 1 heterocycles. The number of nitrogens with two attached hydrogens (primary N) is 1. The van der Waals surface area contributed by atoms with Gasteiger partial charge in [0.2, 0.25) is 0 Å². The van der Waals surface area contributed by atoms with E-state index in [0.29, 0.717) is 18.5 Å². The molecule has 6 heteroatoms. The molecule has 0 amide bonds. The Kier molecular flexibility index (Phi) is 8.10. The van der Waals surface area contributed by atoms with Crippen LogP contribution in [0.5, 0.6) is 0 Å². The highest BCUT2D eigenvalue weighted by Gasteiger charge is 2.17. The van der Waals surface area contributed by atoms with E-state index >= 15 is 0 Å². The number of hydrogen-bond acceptors (Lipinski definition) is 3. The van der Waals surface area contributed by atoms with Crippen molar-refractivity contribution in [2.75, 3.05) is 20.6 Å². The maximum Gasteiger partial charge on any atom is 0.188 e. The molecule has 0 bridgehead atoms. The van der Waals surface area contributed by atoms with Gasteiger partial charge in [-0.3, -0.25) is 9.89 Å². The van der Waals surface area contributed by atoms with E-state index in [4.69, 9.17) is 10.2 Å². The predicted molar refractivity (Wildman–Crippen MR) is 97.0 cm³/mol. The zero-order chi connectivity index (χ0) is 14.4. The molecule has 0 aliphatic heterocycles. The first-order valence-electron chi connectivity index (χ1n) is 7.43. The Hall–Kier alpha value is -0.760. The first-order chi connectivity index (χ1) is 9.66. The second kappa shape index (κ2) is 9.30. The average Bonchev–Trinajstić information content (AvgIpc) is 2.93. The molecular formula is C15H27IN4O. The lowest BCUT2D eigenvalue weighted by Gasteiger charge is -2.24. The number of nitrogens with zero attached hydrogens (tertiary/aromatic N) is 2. The van der Waals surface area contributed by atoms with Gasteiger partial charge in [-0.15, -0.1) is 24.0 Å². The molecule has 0 radical (unpaired) electrons. The van der Waals surface area contributed by atoms with E-state index in [9.17, 15) is 0 Å². The fourth-order valence-corrected chi connectivity index (χ4v) is 2.68. The lowest BCUT2D eigenvalue weighted by atomic mass is 9.96. The Labute approximate surface area is 144 Å². The lowest BCUT2D eigenvalue weighted by molar-refractivity contribution is 0.265. The summed E-state index contributed by atoms with van der Waals surface area (Å²) in [6, 6.07) is 4.50. The van der Waals surface area contributed by atoms with Crippen molar-refractivity contribution in [2.24, 2.45) is 10.7 Å². The molecule has 1 atom stereocenters. The number of nitrogens with one attached hydrogen (secondary N) is 1. The number of halogens is 1. The van der Waals surface area contributed by atoms with Crippen LogP contribution in [0.4, 0.5) is 0 Å². The minimum Gasteiger partial charge on any atom is -0.468 e. The summed E-state index contributed by atoms with van der Waals surface area (Å²) >= 11 is 0. The number of furan rings is 1. The van der Waals surface area contributed by atoms with E-state index in [1.807, 2.05) is 26.2 Å². The zero-order valence-electron chi connectivity index (χ0n) is 12.9. The van der Waals surface area contributed by atoms with Crippen LogP contribution in [0.2, 0.25) is 0 Å². The van der Waals surface area contributed by atoms with Gasteiger partial charge in [-0.1, -0.05) is 19.3 Å². The Morgan fingerprint density at radius 1 is 1.43 bits per heavy atom. The Bertz CT molecular complexity index is 413. The summed E-state index contributed by atoms with van der Waals surface area (Å²) in [5.41, 5.74) is 6.00. The predicted octanol–water partition coefficient (Wildman–Crippen LogP) is 2.74. The van der Waals surface area contributed by atoms with Crippen molar-refractivity contribution in [3.8, 4) is 0 Å². The highest BCUT2D eigenvalue weighted by atomic mass is 127. The van der Waals surface area contributed by atoms with Crippen LogP contribution in [0.15, 0.2) is 27.8 Å².